The van der Waals surface area contributed by atoms with Crippen LogP contribution in [0.5, 0.6) is 0 Å². The Morgan fingerprint density at radius 1 is 0.913 bits per heavy atom. The second-order valence-corrected chi connectivity index (χ2v) is 6.83. The number of ether oxygens (including phenoxy) is 1. The van der Waals surface area contributed by atoms with Gasteiger partial charge in [0.05, 0.1) is 0 Å². The molecule has 23 heavy (non-hydrogen) atoms. The summed E-state index contributed by atoms with van der Waals surface area (Å²) in [6, 6.07) is 16.5. The number of nitrogens with zero attached hydrogens (tertiary/aromatic N) is 2. The van der Waals surface area contributed by atoms with Crippen LogP contribution in [0.1, 0.15) is 16.7 Å². The number of hydrogen-bond acceptors (Lipinski definition) is 5. The van der Waals surface area contributed by atoms with Gasteiger partial charge in [0, 0.05) is 11.3 Å². The molecule has 116 valence electrons. The van der Waals surface area contributed by atoms with E-state index < -0.39 is 0 Å². The van der Waals surface area contributed by atoms with E-state index in [0.29, 0.717) is 5.90 Å². The van der Waals surface area contributed by atoms with Crippen LogP contribution in [-0.4, -0.2) is 22.7 Å². The van der Waals surface area contributed by atoms with Gasteiger partial charge in [0.15, 0.2) is 16.8 Å². The highest BCUT2D eigenvalue weighted by atomic mass is 32.2. The molecule has 0 aromatic heterocycles. The van der Waals surface area contributed by atoms with Crippen molar-refractivity contribution >= 4 is 28.5 Å². The summed E-state index contributed by atoms with van der Waals surface area (Å²) < 4.78 is 5.96. The minimum absolute atomic E-state index is 0.0701. The molecule has 2 unspecified atom stereocenters. The number of aliphatic imine (C=N–C) groups is 2. The van der Waals surface area contributed by atoms with E-state index in [0.717, 1.165) is 16.4 Å². The van der Waals surface area contributed by atoms with Gasteiger partial charge in [-0.1, -0.05) is 35.4 Å². The fourth-order valence-electron chi connectivity index (χ4n) is 2.48. The van der Waals surface area contributed by atoms with E-state index in [9.17, 15) is 0 Å². The Labute approximate surface area is 139 Å². The molecule has 4 nitrogen and oxygen atoms in total. The van der Waals surface area contributed by atoms with E-state index in [1.165, 1.54) is 11.1 Å². The number of thioether (sulfide) groups is 1. The number of fused-ring (bicyclic) bond motifs is 1. The van der Waals surface area contributed by atoms with Gasteiger partial charge in [0.2, 0.25) is 5.90 Å². The number of amidine groups is 1. The van der Waals surface area contributed by atoms with Gasteiger partial charge < -0.3 is 10.1 Å². The lowest BCUT2D eigenvalue weighted by atomic mass is 10.1. The van der Waals surface area contributed by atoms with Gasteiger partial charge in [-0.3, -0.25) is 0 Å². The monoisotopic (exact) mass is 323 g/mol. The predicted octanol–water partition coefficient (Wildman–Crippen LogP) is 3.95. The second-order valence-electron chi connectivity index (χ2n) is 5.74. The maximum absolute atomic E-state index is 5.96. The molecule has 0 aliphatic carbocycles. The van der Waals surface area contributed by atoms with Crippen LogP contribution in [0.25, 0.3) is 0 Å². The molecule has 2 heterocycles. The van der Waals surface area contributed by atoms with Crippen LogP contribution in [0, 0.1) is 13.8 Å². The lowest BCUT2D eigenvalue weighted by Crippen LogP contribution is -2.13. The largest absolute Gasteiger partial charge is 0.458 e. The SMILES string of the molecule is Cc1ccc(NC2=NC3N=C(c4ccc(C)cc4)OC3S2)cc1. The van der Waals surface area contributed by atoms with E-state index in [4.69, 9.17) is 4.74 Å². The molecule has 0 saturated carbocycles. The Bertz CT molecular complexity index is 781. The number of rotatable bonds is 2. The van der Waals surface area contributed by atoms with Crippen molar-refractivity contribution in [2.75, 3.05) is 5.32 Å². The molecule has 4 rings (SSSR count). The molecule has 2 aliphatic heterocycles. The van der Waals surface area contributed by atoms with Crippen molar-refractivity contribution in [2.24, 2.45) is 9.98 Å². The fraction of sp³-hybridized carbons (Fsp3) is 0.222. The average Bonchev–Trinajstić information content (AvgIpc) is 3.09. The topological polar surface area (TPSA) is 46.0 Å². The van der Waals surface area contributed by atoms with Gasteiger partial charge in [-0.2, -0.15) is 0 Å². The Balaban J connectivity index is 1.48. The summed E-state index contributed by atoms with van der Waals surface area (Å²) in [4.78, 5) is 9.22. The van der Waals surface area contributed by atoms with Gasteiger partial charge in [0.25, 0.3) is 0 Å². The van der Waals surface area contributed by atoms with Crippen molar-refractivity contribution in [3.8, 4) is 0 Å². The number of hydrogen-bond donors (Lipinski definition) is 1. The first kappa shape index (κ1) is 14.3. The van der Waals surface area contributed by atoms with E-state index in [1.54, 1.807) is 11.8 Å². The minimum Gasteiger partial charge on any atom is -0.458 e. The normalized spacial score (nSPS) is 22.2. The van der Waals surface area contributed by atoms with Crippen LogP contribution in [0.3, 0.4) is 0 Å². The van der Waals surface area contributed by atoms with Crippen molar-refractivity contribution < 1.29 is 4.74 Å². The summed E-state index contributed by atoms with van der Waals surface area (Å²) in [7, 11) is 0. The highest BCUT2D eigenvalue weighted by Crippen LogP contribution is 2.34. The molecular formula is C18H17N3OS. The van der Waals surface area contributed by atoms with Crippen molar-refractivity contribution in [1.82, 2.24) is 0 Å². The van der Waals surface area contributed by atoms with Crippen LogP contribution < -0.4 is 5.32 Å². The highest BCUT2D eigenvalue weighted by Gasteiger charge is 2.38. The molecule has 2 atom stereocenters. The quantitative estimate of drug-likeness (QED) is 0.910. The Kier molecular flexibility index (Phi) is 3.58. The molecule has 5 heteroatoms. The summed E-state index contributed by atoms with van der Waals surface area (Å²) in [5.74, 6) is 0.686. The molecule has 0 bridgehead atoms. The van der Waals surface area contributed by atoms with Crippen LogP contribution >= 0.6 is 11.8 Å². The second kappa shape index (κ2) is 5.74. The lowest BCUT2D eigenvalue weighted by Gasteiger charge is -2.09. The average molecular weight is 323 g/mol. The van der Waals surface area contributed by atoms with E-state index in [-0.39, 0.29) is 11.6 Å². The van der Waals surface area contributed by atoms with Crippen LogP contribution in [0.2, 0.25) is 0 Å². The third-order valence-electron chi connectivity index (χ3n) is 3.80. The third kappa shape index (κ3) is 2.97. The summed E-state index contributed by atoms with van der Waals surface area (Å²) in [6.07, 6.45) is -0.163. The molecule has 2 aromatic carbocycles. The Morgan fingerprint density at radius 3 is 2.22 bits per heavy atom. The summed E-state index contributed by atoms with van der Waals surface area (Å²) in [5.41, 5.74) is 4.44. The molecular weight excluding hydrogens is 306 g/mol. The molecule has 2 aliphatic rings. The van der Waals surface area contributed by atoms with E-state index >= 15 is 0 Å². The first-order valence-corrected chi connectivity index (χ1v) is 8.45. The number of benzene rings is 2. The zero-order valence-electron chi connectivity index (χ0n) is 13.0. The predicted molar refractivity (Wildman–Crippen MR) is 96.2 cm³/mol. The van der Waals surface area contributed by atoms with Crippen molar-refractivity contribution in [2.45, 2.75) is 25.4 Å². The van der Waals surface area contributed by atoms with E-state index in [1.807, 2.05) is 24.3 Å². The Hall–Kier alpha value is -2.27. The lowest BCUT2D eigenvalue weighted by molar-refractivity contribution is 0.289. The minimum atomic E-state index is -0.163. The molecule has 0 amide bonds. The number of nitrogens with one attached hydrogen (secondary N) is 1. The van der Waals surface area contributed by atoms with Crippen molar-refractivity contribution in [3.63, 3.8) is 0 Å². The van der Waals surface area contributed by atoms with Gasteiger partial charge in [0.1, 0.15) is 0 Å². The van der Waals surface area contributed by atoms with Gasteiger partial charge in [-0.25, -0.2) is 9.98 Å². The van der Waals surface area contributed by atoms with Gasteiger partial charge in [-0.05, 0) is 49.9 Å². The first-order chi connectivity index (χ1) is 11.2. The van der Waals surface area contributed by atoms with Crippen LogP contribution in [0.4, 0.5) is 5.69 Å². The zero-order chi connectivity index (χ0) is 15.8. The van der Waals surface area contributed by atoms with E-state index in [2.05, 4.69) is 53.4 Å². The maximum Gasteiger partial charge on any atom is 0.219 e. The standard InChI is InChI=1S/C18H17N3OS/c1-11-3-7-13(8-4-11)16-20-15-17(22-16)23-18(21-15)19-14-9-5-12(2)6-10-14/h3-10,15,17H,1-2H3,(H,19,21). The van der Waals surface area contributed by atoms with Crippen molar-refractivity contribution in [1.29, 1.82) is 0 Å². The zero-order valence-corrected chi connectivity index (χ0v) is 13.8. The summed E-state index contributed by atoms with van der Waals surface area (Å²) >= 11 is 1.58. The summed E-state index contributed by atoms with van der Waals surface area (Å²) in [5, 5.41) is 4.18. The van der Waals surface area contributed by atoms with Gasteiger partial charge in [-0.15, -0.1) is 0 Å². The molecule has 0 saturated heterocycles. The maximum atomic E-state index is 5.96. The smallest absolute Gasteiger partial charge is 0.219 e. The molecule has 0 radical (unpaired) electrons. The summed E-state index contributed by atoms with van der Waals surface area (Å²) in [6.45, 7) is 4.14. The third-order valence-corrected chi connectivity index (χ3v) is 4.80. The number of anilines is 1. The van der Waals surface area contributed by atoms with Crippen molar-refractivity contribution in [3.05, 3.63) is 65.2 Å². The molecule has 1 N–H and O–H groups in total. The molecule has 0 spiro atoms. The molecule has 0 fully saturated rings. The number of aryl methyl sites for hydroxylation is 2. The fourth-order valence-corrected chi connectivity index (χ4v) is 3.43. The van der Waals surface area contributed by atoms with Crippen LogP contribution in [0.15, 0.2) is 58.5 Å². The molecule has 2 aromatic rings. The highest BCUT2D eigenvalue weighted by molar-refractivity contribution is 8.14. The van der Waals surface area contributed by atoms with Crippen LogP contribution in [-0.2, 0) is 4.74 Å². The first-order valence-electron chi connectivity index (χ1n) is 7.57. The Morgan fingerprint density at radius 2 is 1.57 bits per heavy atom. The van der Waals surface area contributed by atoms with Gasteiger partial charge >= 0.3 is 0 Å².